The number of carbonyl (C=O) groups excluding carboxylic acids is 1. The number of aliphatic hydroxyl groups is 1. The van der Waals surface area contributed by atoms with Gasteiger partial charge in [-0.3, -0.25) is 14.5 Å². The zero-order valence-corrected chi connectivity index (χ0v) is 14.7. The van der Waals surface area contributed by atoms with E-state index in [0.29, 0.717) is 44.4 Å². The number of nitrogen functional groups attached to an aromatic ring is 1. The van der Waals surface area contributed by atoms with Gasteiger partial charge in [0.1, 0.15) is 17.3 Å². The van der Waals surface area contributed by atoms with Gasteiger partial charge in [0, 0.05) is 22.0 Å². The number of aryl methyl sites for hydroxylation is 1. The van der Waals surface area contributed by atoms with Crippen LogP contribution in [0.25, 0.3) is 27.6 Å². The Morgan fingerprint density at radius 3 is 2.74 bits per heavy atom. The molecule has 3 heterocycles. The first-order valence-corrected chi connectivity index (χ1v) is 8.18. The van der Waals surface area contributed by atoms with Crippen molar-refractivity contribution in [3.05, 3.63) is 46.5 Å². The fourth-order valence-electron chi connectivity index (χ4n) is 3.43. The molecule has 27 heavy (non-hydrogen) atoms. The van der Waals surface area contributed by atoms with Gasteiger partial charge in [0.25, 0.3) is 5.91 Å². The number of pyridine rings is 1. The van der Waals surface area contributed by atoms with E-state index in [-0.39, 0.29) is 18.0 Å². The van der Waals surface area contributed by atoms with Crippen molar-refractivity contribution in [1.29, 1.82) is 0 Å². The maximum Gasteiger partial charge on any atom is 0.253 e. The summed E-state index contributed by atoms with van der Waals surface area (Å²) in [6, 6.07) is 2.98. The minimum atomic E-state index is -0.733. The minimum Gasteiger partial charge on any atom is -0.392 e. The summed E-state index contributed by atoms with van der Waals surface area (Å²) in [6.45, 7) is 3.10. The summed E-state index contributed by atoms with van der Waals surface area (Å²) in [5.74, 6) is -1.13. The van der Waals surface area contributed by atoms with Crippen molar-refractivity contribution >= 4 is 33.7 Å². The molecule has 0 aliphatic rings. The smallest absolute Gasteiger partial charge is 0.253 e. The number of aromatic amines is 1. The molecule has 1 amide bonds. The largest absolute Gasteiger partial charge is 0.392 e. The highest BCUT2D eigenvalue weighted by Gasteiger charge is 2.25. The van der Waals surface area contributed by atoms with Gasteiger partial charge in [0.15, 0.2) is 0 Å². The molecule has 6 N–H and O–H groups in total. The Morgan fingerprint density at radius 1 is 1.33 bits per heavy atom. The zero-order valence-electron chi connectivity index (χ0n) is 14.7. The van der Waals surface area contributed by atoms with Crippen molar-refractivity contribution in [2.45, 2.75) is 20.5 Å². The van der Waals surface area contributed by atoms with E-state index >= 15 is 0 Å². The number of aromatic nitrogens is 4. The monoisotopic (exact) mass is 368 g/mol. The van der Waals surface area contributed by atoms with Crippen LogP contribution in [0.15, 0.2) is 18.3 Å². The molecule has 0 unspecified atom stereocenters. The molecule has 0 bridgehead atoms. The first-order valence-electron chi connectivity index (χ1n) is 8.18. The van der Waals surface area contributed by atoms with E-state index in [0.717, 1.165) is 0 Å². The van der Waals surface area contributed by atoms with Crippen LogP contribution in [-0.2, 0) is 6.61 Å². The van der Waals surface area contributed by atoms with Crippen molar-refractivity contribution in [3.8, 4) is 5.69 Å². The van der Waals surface area contributed by atoms with Crippen LogP contribution in [0.2, 0.25) is 0 Å². The molecule has 4 rings (SSSR count). The molecule has 0 aliphatic carbocycles. The van der Waals surface area contributed by atoms with Gasteiger partial charge < -0.3 is 16.6 Å². The molecule has 8 nitrogen and oxygen atoms in total. The van der Waals surface area contributed by atoms with Crippen molar-refractivity contribution < 1.29 is 14.3 Å². The molecule has 0 spiro atoms. The third kappa shape index (κ3) is 2.28. The number of nitrogens with zero attached hydrogens (tertiary/aromatic N) is 3. The number of nitrogens with two attached hydrogens (primary N) is 2. The van der Waals surface area contributed by atoms with Gasteiger partial charge in [-0.15, -0.1) is 0 Å². The number of halogens is 1. The second kappa shape index (κ2) is 5.78. The average Bonchev–Trinajstić information content (AvgIpc) is 3.17. The summed E-state index contributed by atoms with van der Waals surface area (Å²) >= 11 is 0. The summed E-state index contributed by atoms with van der Waals surface area (Å²) in [6.07, 6.45) is 1.56. The number of primary amides is 1. The first kappa shape index (κ1) is 17.0. The summed E-state index contributed by atoms with van der Waals surface area (Å²) < 4.78 is 16.0. The van der Waals surface area contributed by atoms with Crippen LogP contribution < -0.4 is 11.5 Å². The second-order valence-corrected chi connectivity index (χ2v) is 6.39. The van der Waals surface area contributed by atoms with E-state index in [2.05, 4.69) is 15.2 Å². The van der Waals surface area contributed by atoms with Crippen molar-refractivity contribution in [2.75, 3.05) is 5.73 Å². The average molecular weight is 368 g/mol. The van der Waals surface area contributed by atoms with Gasteiger partial charge in [-0.2, -0.15) is 5.10 Å². The van der Waals surface area contributed by atoms with E-state index < -0.39 is 11.7 Å². The van der Waals surface area contributed by atoms with Crippen LogP contribution >= 0.6 is 0 Å². The predicted molar refractivity (Wildman–Crippen MR) is 99.0 cm³/mol. The van der Waals surface area contributed by atoms with E-state index in [4.69, 9.17) is 11.5 Å². The Morgan fingerprint density at radius 2 is 2.07 bits per heavy atom. The first-order chi connectivity index (χ1) is 12.8. The van der Waals surface area contributed by atoms with Crippen LogP contribution in [0, 0.1) is 19.7 Å². The van der Waals surface area contributed by atoms with Gasteiger partial charge in [-0.25, -0.2) is 9.37 Å². The molecule has 0 aliphatic heterocycles. The number of amides is 1. The van der Waals surface area contributed by atoms with Gasteiger partial charge >= 0.3 is 0 Å². The number of anilines is 1. The lowest BCUT2D eigenvalue weighted by Gasteiger charge is -2.13. The van der Waals surface area contributed by atoms with Crippen LogP contribution in [0.1, 0.15) is 27.2 Å². The zero-order chi connectivity index (χ0) is 19.5. The van der Waals surface area contributed by atoms with Crippen LogP contribution in [0.5, 0.6) is 0 Å². The number of fused-ring (bicyclic) bond motifs is 2. The number of hydrogen-bond donors (Lipinski definition) is 4. The number of carbonyl (C=O) groups is 1. The van der Waals surface area contributed by atoms with E-state index in [9.17, 15) is 14.3 Å². The fraction of sp³-hybridized carbons (Fsp3) is 0.167. The van der Waals surface area contributed by atoms with Gasteiger partial charge in [-0.05, 0) is 31.5 Å². The molecule has 0 saturated heterocycles. The topological polar surface area (TPSA) is 136 Å². The lowest BCUT2D eigenvalue weighted by Crippen LogP contribution is -2.14. The lowest BCUT2D eigenvalue weighted by molar-refractivity contribution is 0.100. The number of benzene rings is 1. The van der Waals surface area contributed by atoms with E-state index in [1.165, 1.54) is 10.6 Å². The highest BCUT2D eigenvalue weighted by atomic mass is 19.1. The summed E-state index contributed by atoms with van der Waals surface area (Å²) in [4.78, 5) is 16.6. The van der Waals surface area contributed by atoms with E-state index in [1.807, 2.05) is 0 Å². The quantitative estimate of drug-likeness (QED) is 0.437. The summed E-state index contributed by atoms with van der Waals surface area (Å²) in [5, 5.41) is 17.3. The molecule has 0 atom stereocenters. The van der Waals surface area contributed by atoms with Crippen LogP contribution in [0.3, 0.4) is 0 Å². The van der Waals surface area contributed by atoms with Crippen LogP contribution in [0.4, 0.5) is 10.2 Å². The molecule has 9 heteroatoms. The second-order valence-electron chi connectivity index (χ2n) is 6.39. The highest BCUT2D eigenvalue weighted by molar-refractivity contribution is 6.11. The summed E-state index contributed by atoms with van der Waals surface area (Å²) in [7, 11) is 0. The molecule has 0 radical (unpaired) electrons. The molecule has 0 saturated carbocycles. The third-order valence-corrected chi connectivity index (χ3v) is 4.82. The van der Waals surface area contributed by atoms with Crippen LogP contribution in [-0.4, -0.2) is 30.8 Å². The normalized spacial score (nSPS) is 11.6. The number of hydrogen-bond acceptors (Lipinski definition) is 5. The maximum absolute atomic E-state index is 14.5. The molecular formula is C18H17FN6O2. The van der Waals surface area contributed by atoms with Crippen molar-refractivity contribution in [1.82, 2.24) is 19.7 Å². The Hall–Kier alpha value is -3.46. The lowest BCUT2D eigenvalue weighted by atomic mass is 10.1. The number of nitrogens with one attached hydrogen (secondary N) is 1. The third-order valence-electron chi connectivity index (χ3n) is 4.82. The summed E-state index contributed by atoms with van der Waals surface area (Å²) in [5.41, 5.74) is 14.6. The number of aliphatic hydroxyl groups excluding tert-OH is 1. The molecule has 0 fully saturated rings. The van der Waals surface area contributed by atoms with E-state index in [1.54, 1.807) is 26.1 Å². The SMILES string of the molecule is Cc1nc2c(cc1CO)c(C(N)=O)c(N)n2-c1c(C)c(F)cc2[nH]ncc12. The van der Waals surface area contributed by atoms with Crippen molar-refractivity contribution in [3.63, 3.8) is 0 Å². The molecule has 3 aromatic heterocycles. The molecule has 138 valence electrons. The van der Waals surface area contributed by atoms with Gasteiger partial charge in [0.05, 0.1) is 29.6 Å². The number of H-pyrrole nitrogens is 1. The Kier molecular flexibility index (Phi) is 3.63. The minimum absolute atomic E-state index is 0.0516. The Labute approximate surface area is 152 Å². The van der Waals surface area contributed by atoms with Gasteiger partial charge in [-0.1, -0.05) is 0 Å². The maximum atomic E-state index is 14.5. The highest BCUT2D eigenvalue weighted by Crippen LogP contribution is 2.36. The standard InChI is InChI=1S/C18H17FN6O2/c1-7-12(19)4-13-11(5-22-24-13)15(7)25-16(20)14(17(21)27)10-3-9(6-26)8(2)23-18(10)25/h3-5,26H,6,20H2,1-2H3,(H2,21,27)(H,22,24). The van der Waals surface area contributed by atoms with Crippen molar-refractivity contribution in [2.24, 2.45) is 5.73 Å². The Balaban J connectivity index is 2.23. The number of rotatable bonds is 3. The Bertz CT molecular complexity index is 1240. The molecule has 4 aromatic rings. The fourth-order valence-corrected chi connectivity index (χ4v) is 3.43. The predicted octanol–water partition coefficient (Wildman–Crippen LogP) is 1.83. The molecular weight excluding hydrogens is 351 g/mol. The molecule has 1 aromatic carbocycles. The van der Waals surface area contributed by atoms with Gasteiger partial charge in [0.2, 0.25) is 0 Å².